The molecule has 0 aliphatic heterocycles. The zero-order valence-corrected chi connectivity index (χ0v) is 16.5. The number of hydrogen-bond acceptors (Lipinski definition) is 7. The highest BCUT2D eigenvalue weighted by atomic mass is 31.2. The highest BCUT2D eigenvalue weighted by Crippen LogP contribution is 2.45. The van der Waals surface area contributed by atoms with Crippen molar-refractivity contribution < 1.29 is 28.1 Å². The normalized spacial score (nSPS) is 14.0. The fourth-order valence-electron chi connectivity index (χ4n) is 2.08. The minimum absolute atomic E-state index is 0.0711. The van der Waals surface area contributed by atoms with Crippen molar-refractivity contribution in [3.8, 4) is 11.5 Å². The van der Waals surface area contributed by atoms with Gasteiger partial charge in [-0.2, -0.15) is 5.09 Å². The zero-order valence-electron chi connectivity index (χ0n) is 15.6. The number of benzene rings is 2. The number of para-hydroxylation sites is 1. The van der Waals surface area contributed by atoms with Gasteiger partial charge in [-0.1, -0.05) is 18.2 Å². The quantitative estimate of drug-likeness (QED) is 0.285. The van der Waals surface area contributed by atoms with Crippen molar-refractivity contribution in [3.05, 3.63) is 64.7 Å². The fourth-order valence-corrected chi connectivity index (χ4v) is 3.60. The van der Waals surface area contributed by atoms with Crippen LogP contribution in [0.25, 0.3) is 0 Å². The van der Waals surface area contributed by atoms with Gasteiger partial charge in [-0.25, -0.2) is 4.57 Å². The Morgan fingerprint density at radius 2 is 1.54 bits per heavy atom. The molecule has 2 atom stereocenters. The number of nitrogens with one attached hydrogen (secondary N) is 1. The van der Waals surface area contributed by atoms with Crippen molar-refractivity contribution in [2.75, 3.05) is 0 Å². The first kappa shape index (κ1) is 21.4. The lowest BCUT2D eigenvalue weighted by molar-refractivity contribution is -0.384. The van der Waals surface area contributed by atoms with Crippen LogP contribution in [0.15, 0.2) is 54.6 Å². The number of nitrogens with zero attached hydrogens (tertiary/aromatic N) is 1. The lowest BCUT2D eigenvalue weighted by Crippen LogP contribution is -2.36. The van der Waals surface area contributed by atoms with E-state index in [0.717, 1.165) is 0 Å². The van der Waals surface area contributed by atoms with E-state index in [9.17, 15) is 19.5 Å². The van der Waals surface area contributed by atoms with E-state index in [4.69, 9.17) is 13.8 Å². The van der Waals surface area contributed by atoms with Crippen LogP contribution in [-0.2, 0) is 14.1 Å². The van der Waals surface area contributed by atoms with Gasteiger partial charge in [0.2, 0.25) is 0 Å². The Kier molecular flexibility index (Phi) is 7.14. The molecule has 9 nitrogen and oxygen atoms in total. The van der Waals surface area contributed by atoms with E-state index in [-0.39, 0.29) is 23.3 Å². The van der Waals surface area contributed by atoms with E-state index >= 15 is 0 Å². The molecule has 0 aliphatic carbocycles. The maximum Gasteiger partial charge on any atom is 0.513 e. The first-order chi connectivity index (χ1) is 13.2. The van der Waals surface area contributed by atoms with Gasteiger partial charge in [-0.15, -0.1) is 0 Å². The number of nitro benzene ring substituents is 1. The number of non-ortho nitro benzene ring substituents is 1. The molecule has 0 bridgehead atoms. The maximum absolute atomic E-state index is 13.3. The predicted molar refractivity (Wildman–Crippen MR) is 102 cm³/mol. The second-order valence-electron chi connectivity index (χ2n) is 6.08. The molecule has 0 saturated heterocycles. The summed E-state index contributed by atoms with van der Waals surface area (Å²) in [6.07, 6.45) is -0.346. The van der Waals surface area contributed by atoms with Gasteiger partial charge >= 0.3 is 13.7 Å². The van der Waals surface area contributed by atoms with Gasteiger partial charge in [-0.3, -0.25) is 14.9 Å². The van der Waals surface area contributed by atoms with Gasteiger partial charge in [0.1, 0.15) is 17.5 Å². The molecule has 0 aliphatic rings. The SMILES string of the molecule is CC(C)OC(=O)[C@H](C)NP(=O)(Oc1ccccc1)Oc1ccc([N+](=O)[O-])cc1. The second-order valence-corrected chi connectivity index (χ2v) is 7.70. The van der Waals surface area contributed by atoms with Crippen molar-refractivity contribution in [1.82, 2.24) is 5.09 Å². The Balaban J connectivity index is 2.23. The molecule has 10 heteroatoms. The molecule has 150 valence electrons. The number of ether oxygens (including phenoxy) is 1. The Bertz CT molecular complexity index is 856. The molecule has 0 heterocycles. The Hall–Kier alpha value is -2.90. The Morgan fingerprint density at radius 1 is 1.00 bits per heavy atom. The van der Waals surface area contributed by atoms with Crippen LogP contribution in [0.1, 0.15) is 20.8 Å². The Morgan fingerprint density at radius 3 is 2.04 bits per heavy atom. The number of rotatable bonds is 9. The fraction of sp³-hybridized carbons (Fsp3) is 0.278. The number of esters is 1. The lowest BCUT2D eigenvalue weighted by Gasteiger charge is -2.23. The number of carbonyl (C=O) groups excluding carboxylic acids is 1. The molecular formula is C18H21N2O7P. The van der Waals surface area contributed by atoms with Crippen LogP contribution in [0.5, 0.6) is 11.5 Å². The highest BCUT2D eigenvalue weighted by Gasteiger charge is 2.34. The average molecular weight is 408 g/mol. The molecule has 0 amide bonds. The summed E-state index contributed by atoms with van der Waals surface area (Å²) in [6, 6.07) is 12.3. The van der Waals surface area contributed by atoms with Gasteiger partial charge in [0.25, 0.3) is 5.69 Å². The van der Waals surface area contributed by atoms with Crippen molar-refractivity contribution in [3.63, 3.8) is 0 Å². The molecule has 0 saturated carbocycles. The smallest absolute Gasteiger partial charge is 0.462 e. The predicted octanol–water partition coefficient (Wildman–Crippen LogP) is 4.09. The molecule has 0 aromatic heterocycles. The van der Waals surface area contributed by atoms with Crippen LogP contribution in [0.2, 0.25) is 0 Å². The van der Waals surface area contributed by atoms with Crippen LogP contribution >= 0.6 is 7.75 Å². The number of hydrogen-bond donors (Lipinski definition) is 1. The van der Waals surface area contributed by atoms with E-state index < -0.39 is 24.7 Å². The number of carbonyl (C=O) groups is 1. The minimum Gasteiger partial charge on any atom is -0.462 e. The van der Waals surface area contributed by atoms with E-state index in [1.807, 2.05) is 0 Å². The van der Waals surface area contributed by atoms with Gasteiger partial charge in [0.05, 0.1) is 11.0 Å². The average Bonchev–Trinajstić information content (AvgIpc) is 2.62. The van der Waals surface area contributed by atoms with E-state index in [1.165, 1.54) is 31.2 Å². The summed E-state index contributed by atoms with van der Waals surface area (Å²) in [4.78, 5) is 22.3. The second kappa shape index (κ2) is 9.34. The summed E-state index contributed by atoms with van der Waals surface area (Å²) in [7, 11) is -4.08. The van der Waals surface area contributed by atoms with Crippen molar-refractivity contribution in [1.29, 1.82) is 0 Å². The molecule has 2 rings (SSSR count). The summed E-state index contributed by atoms with van der Waals surface area (Å²) in [5.41, 5.74) is -0.145. The van der Waals surface area contributed by atoms with Crippen LogP contribution in [0, 0.1) is 10.1 Å². The zero-order chi connectivity index (χ0) is 20.7. The van der Waals surface area contributed by atoms with Gasteiger partial charge in [0, 0.05) is 12.1 Å². The summed E-state index contributed by atoms with van der Waals surface area (Å²) in [5, 5.41) is 13.3. The topological polar surface area (TPSA) is 117 Å². The molecule has 1 N–H and O–H groups in total. The van der Waals surface area contributed by atoms with Crippen LogP contribution < -0.4 is 14.1 Å². The third kappa shape index (κ3) is 6.37. The third-order valence-electron chi connectivity index (χ3n) is 3.30. The summed E-state index contributed by atoms with van der Waals surface area (Å²) in [6.45, 7) is 4.85. The van der Waals surface area contributed by atoms with Crippen LogP contribution in [0.4, 0.5) is 5.69 Å². The van der Waals surface area contributed by atoms with Gasteiger partial charge < -0.3 is 13.8 Å². The molecule has 0 spiro atoms. The molecule has 1 unspecified atom stereocenters. The van der Waals surface area contributed by atoms with E-state index in [0.29, 0.717) is 0 Å². The minimum atomic E-state index is -4.08. The maximum atomic E-state index is 13.3. The summed E-state index contributed by atoms with van der Waals surface area (Å²) >= 11 is 0. The highest BCUT2D eigenvalue weighted by molar-refractivity contribution is 7.52. The summed E-state index contributed by atoms with van der Waals surface area (Å²) in [5.74, 6) is -0.300. The Labute approximate surface area is 162 Å². The number of nitro groups is 1. The molecular weight excluding hydrogens is 387 g/mol. The van der Waals surface area contributed by atoms with Crippen LogP contribution in [-0.4, -0.2) is 23.0 Å². The molecule has 2 aromatic carbocycles. The molecule has 28 heavy (non-hydrogen) atoms. The largest absolute Gasteiger partial charge is 0.513 e. The van der Waals surface area contributed by atoms with Crippen molar-refractivity contribution >= 4 is 19.4 Å². The molecule has 2 aromatic rings. The first-order valence-electron chi connectivity index (χ1n) is 8.45. The van der Waals surface area contributed by atoms with Crippen molar-refractivity contribution in [2.45, 2.75) is 32.9 Å². The van der Waals surface area contributed by atoms with Gasteiger partial charge in [0.15, 0.2) is 0 Å². The first-order valence-corrected chi connectivity index (χ1v) is 10.00. The lowest BCUT2D eigenvalue weighted by atomic mass is 10.3. The van der Waals surface area contributed by atoms with E-state index in [2.05, 4.69) is 5.09 Å². The van der Waals surface area contributed by atoms with Gasteiger partial charge in [-0.05, 0) is 45.0 Å². The third-order valence-corrected chi connectivity index (χ3v) is 4.90. The van der Waals surface area contributed by atoms with E-state index in [1.54, 1.807) is 44.2 Å². The molecule has 0 radical (unpaired) electrons. The monoisotopic (exact) mass is 408 g/mol. The van der Waals surface area contributed by atoms with Crippen LogP contribution in [0.3, 0.4) is 0 Å². The molecule has 0 fully saturated rings. The van der Waals surface area contributed by atoms with Crippen molar-refractivity contribution in [2.24, 2.45) is 0 Å². The summed E-state index contributed by atoms with van der Waals surface area (Å²) < 4.78 is 29.3. The standard InChI is InChI=1S/C18H21N2O7P/c1-13(2)25-18(21)14(3)19-28(24,26-16-7-5-4-6-8-16)27-17-11-9-15(10-12-17)20(22)23/h4-14H,1-3H3,(H,19,24)/t14-,28?/m0/s1.